The Bertz CT molecular complexity index is 1110. The van der Waals surface area contributed by atoms with Gasteiger partial charge in [-0.3, -0.25) is 14.5 Å². The number of nitrogens with zero attached hydrogens (tertiary/aromatic N) is 1. The summed E-state index contributed by atoms with van der Waals surface area (Å²) in [5, 5.41) is 16.3. The number of benzene rings is 1. The van der Waals surface area contributed by atoms with Crippen LogP contribution in [0, 0.1) is 6.92 Å². The van der Waals surface area contributed by atoms with Crippen molar-refractivity contribution < 1.29 is 19.4 Å². The number of carbonyl (C=O) groups is 2. The lowest BCUT2D eigenvalue weighted by atomic mass is 9.86. The maximum atomic E-state index is 13.1. The minimum atomic E-state index is -0.640. The summed E-state index contributed by atoms with van der Waals surface area (Å²) in [4.78, 5) is 31.5. The minimum absolute atomic E-state index is 0.0939. The van der Waals surface area contributed by atoms with Crippen LogP contribution in [0.3, 0.4) is 0 Å². The summed E-state index contributed by atoms with van der Waals surface area (Å²) in [7, 11) is 0. The number of fused-ring (bicyclic) bond motifs is 2. The van der Waals surface area contributed by atoms with Crippen molar-refractivity contribution in [1.82, 2.24) is 15.2 Å². The second kappa shape index (κ2) is 9.13. The van der Waals surface area contributed by atoms with Gasteiger partial charge in [0.15, 0.2) is 0 Å². The number of aliphatic hydroxyl groups is 1. The van der Waals surface area contributed by atoms with Crippen LogP contribution in [0.5, 0.6) is 0 Å². The molecule has 2 aromatic rings. The fourth-order valence-electron chi connectivity index (χ4n) is 5.17. The maximum absolute atomic E-state index is 13.1. The van der Waals surface area contributed by atoms with E-state index in [0.29, 0.717) is 30.9 Å². The van der Waals surface area contributed by atoms with Gasteiger partial charge in [-0.2, -0.15) is 0 Å². The molecule has 174 valence electrons. The lowest BCUT2D eigenvalue weighted by molar-refractivity contribution is -0.110. The van der Waals surface area contributed by atoms with Crippen LogP contribution in [-0.2, 0) is 16.0 Å². The van der Waals surface area contributed by atoms with Gasteiger partial charge in [0.05, 0.1) is 30.5 Å². The summed E-state index contributed by atoms with van der Waals surface area (Å²) in [6.07, 6.45) is 1.79. The van der Waals surface area contributed by atoms with Gasteiger partial charge in [-0.1, -0.05) is 18.2 Å². The molecule has 4 N–H and O–H groups in total. The Morgan fingerprint density at radius 1 is 1.24 bits per heavy atom. The summed E-state index contributed by atoms with van der Waals surface area (Å²) >= 11 is 0. The third-order valence-corrected chi connectivity index (χ3v) is 6.72. The molecule has 1 aliphatic carbocycles. The zero-order chi connectivity index (χ0) is 22.9. The van der Waals surface area contributed by atoms with Crippen molar-refractivity contribution in [2.75, 3.05) is 44.7 Å². The molecule has 8 heteroatoms. The number of rotatable bonds is 5. The number of aromatic amines is 1. The number of anilines is 1. The van der Waals surface area contributed by atoms with E-state index in [1.54, 1.807) is 0 Å². The number of aryl methyl sites for hydroxylation is 1. The van der Waals surface area contributed by atoms with Crippen molar-refractivity contribution in [3.63, 3.8) is 0 Å². The molecule has 0 bridgehead atoms. The number of amides is 2. The number of hydrogen-bond acceptors (Lipinski definition) is 5. The first-order valence-corrected chi connectivity index (χ1v) is 11.6. The van der Waals surface area contributed by atoms with Crippen molar-refractivity contribution in [2.45, 2.75) is 32.3 Å². The van der Waals surface area contributed by atoms with Crippen LogP contribution in [-0.4, -0.2) is 72.3 Å². The second-order valence-corrected chi connectivity index (χ2v) is 8.96. The van der Waals surface area contributed by atoms with Gasteiger partial charge in [0.2, 0.25) is 0 Å². The number of morpholine rings is 1. The molecule has 2 aliphatic heterocycles. The number of aliphatic hydroxyl groups excluding tert-OH is 1. The molecule has 33 heavy (non-hydrogen) atoms. The van der Waals surface area contributed by atoms with Gasteiger partial charge >= 0.3 is 0 Å². The molecule has 0 saturated carbocycles. The molecule has 1 aromatic heterocycles. The number of β-amino-alcohol motifs (C(OH)–C–C–N with tert-alkyl or cyclic N) is 1. The van der Waals surface area contributed by atoms with E-state index in [1.165, 1.54) is 0 Å². The lowest BCUT2D eigenvalue weighted by Gasteiger charge is -2.28. The number of aromatic nitrogens is 1. The highest BCUT2D eigenvalue weighted by atomic mass is 16.5. The molecule has 0 spiro atoms. The average Bonchev–Trinajstić information content (AvgIpc) is 3.33. The van der Waals surface area contributed by atoms with E-state index >= 15 is 0 Å². The van der Waals surface area contributed by atoms with Gasteiger partial charge in [0.25, 0.3) is 11.8 Å². The Morgan fingerprint density at radius 2 is 2.03 bits per heavy atom. The van der Waals surface area contributed by atoms with Crippen LogP contribution in [0.25, 0.3) is 11.1 Å². The van der Waals surface area contributed by atoms with Gasteiger partial charge in [-0.15, -0.1) is 0 Å². The van der Waals surface area contributed by atoms with Crippen LogP contribution in [0.1, 0.15) is 45.7 Å². The Kier molecular flexibility index (Phi) is 6.05. The highest BCUT2D eigenvalue weighted by molar-refractivity contribution is 6.36. The predicted octanol–water partition coefficient (Wildman–Crippen LogP) is 1.95. The van der Waals surface area contributed by atoms with E-state index in [-0.39, 0.29) is 18.4 Å². The Morgan fingerprint density at radius 3 is 2.85 bits per heavy atom. The van der Waals surface area contributed by atoms with Crippen LogP contribution >= 0.6 is 0 Å². The molecular formula is C25H30N4O4. The number of ether oxygens (including phenoxy) is 1. The summed E-state index contributed by atoms with van der Waals surface area (Å²) < 4.78 is 5.34. The first kappa shape index (κ1) is 21.9. The summed E-state index contributed by atoms with van der Waals surface area (Å²) in [6.45, 7) is 5.54. The number of nitrogens with one attached hydrogen (secondary N) is 3. The monoisotopic (exact) mass is 450 g/mol. The Hall–Kier alpha value is -2.94. The lowest BCUT2D eigenvalue weighted by Crippen LogP contribution is -2.44. The van der Waals surface area contributed by atoms with Crippen LogP contribution in [0.2, 0.25) is 0 Å². The van der Waals surface area contributed by atoms with Gasteiger partial charge in [-0.05, 0) is 43.4 Å². The van der Waals surface area contributed by atoms with Crippen molar-refractivity contribution in [3.8, 4) is 0 Å². The van der Waals surface area contributed by atoms with E-state index < -0.39 is 6.10 Å². The summed E-state index contributed by atoms with van der Waals surface area (Å²) in [5.74, 6) is -0.280. The predicted molar refractivity (Wildman–Crippen MR) is 126 cm³/mol. The fraction of sp³-hybridized carbons (Fsp3) is 0.440. The average molecular weight is 451 g/mol. The minimum Gasteiger partial charge on any atom is -0.390 e. The molecular weight excluding hydrogens is 420 g/mol. The van der Waals surface area contributed by atoms with Crippen LogP contribution < -0.4 is 10.6 Å². The normalized spacial score (nSPS) is 21.3. The van der Waals surface area contributed by atoms with Crippen molar-refractivity contribution in [3.05, 3.63) is 52.3 Å². The van der Waals surface area contributed by atoms with Gasteiger partial charge in [0.1, 0.15) is 0 Å². The molecule has 1 atom stereocenters. The number of allylic oxidation sites excluding steroid dienone is 1. The molecule has 1 unspecified atom stereocenters. The largest absolute Gasteiger partial charge is 0.390 e. The van der Waals surface area contributed by atoms with Crippen molar-refractivity contribution in [1.29, 1.82) is 0 Å². The number of para-hydroxylation sites is 1. The first-order valence-electron chi connectivity index (χ1n) is 11.6. The third-order valence-electron chi connectivity index (χ3n) is 6.72. The molecule has 5 rings (SSSR count). The van der Waals surface area contributed by atoms with E-state index in [2.05, 4.69) is 20.5 Å². The number of carbonyl (C=O) groups excluding carboxylic acids is 2. The standard InChI is InChI=1S/C25H30N4O4/c1-15-21(24(31)26-13-16(30)14-29-9-11-33-12-10-29)18-6-4-7-19(23(18)27-15)22-17-5-2-3-8-20(17)28-25(22)32/h2-3,5,8,16,27,30H,4,6-7,9-14H2,1H3,(H,26,31)(H,28,32)/b22-19-. The van der Waals surface area contributed by atoms with Crippen LogP contribution in [0.15, 0.2) is 24.3 Å². The maximum Gasteiger partial charge on any atom is 0.256 e. The topological polar surface area (TPSA) is 107 Å². The van der Waals surface area contributed by atoms with Crippen molar-refractivity contribution >= 4 is 28.6 Å². The molecule has 3 heterocycles. The summed E-state index contributed by atoms with van der Waals surface area (Å²) in [5.41, 5.74) is 6.66. The molecule has 3 aliphatic rings. The highest BCUT2D eigenvalue weighted by Crippen LogP contribution is 2.42. The van der Waals surface area contributed by atoms with Crippen LogP contribution in [0.4, 0.5) is 5.69 Å². The molecule has 1 saturated heterocycles. The number of H-pyrrole nitrogens is 1. The SMILES string of the molecule is Cc1[nH]c2c(c1C(=O)NCC(O)CN1CCOCC1)CCC/C2=C1/C(=O)Nc2ccccc21. The highest BCUT2D eigenvalue weighted by Gasteiger charge is 2.32. The van der Waals surface area contributed by atoms with Crippen molar-refractivity contribution in [2.24, 2.45) is 0 Å². The van der Waals surface area contributed by atoms with Gasteiger partial charge in [-0.25, -0.2) is 0 Å². The molecule has 8 nitrogen and oxygen atoms in total. The zero-order valence-corrected chi connectivity index (χ0v) is 18.9. The van der Waals surface area contributed by atoms with Gasteiger partial charge < -0.3 is 25.5 Å². The summed E-state index contributed by atoms with van der Waals surface area (Å²) in [6, 6.07) is 7.72. The van der Waals surface area contributed by atoms with E-state index in [4.69, 9.17) is 4.74 Å². The fourth-order valence-corrected chi connectivity index (χ4v) is 5.17. The quantitative estimate of drug-likeness (QED) is 0.521. The van der Waals surface area contributed by atoms with E-state index in [0.717, 1.165) is 66.1 Å². The Balaban J connectivity index is 1.37. The molecule has 2 amide bonds. The molecule has 0 radical (unpaired) electrons. The number of hydrogen-bond donors (Lipinski definition) is 4. The van der Waals surface area contributed by atoms with E-state index in [9.17, 15) is 14.7 Å². The Labute approximate surface area is 193 Å². The first-order chi connectivity index (χ1) is 16.0. The third kappa shape index (κ3) is 4.21. The van der Waals surface area contributed by atoms with E-state index in [1.807, 2.05) is 31.2 Å². The molecule has 1 fully saturated rings. The smallest absolute Gasteiger partial charge is 0.256 e. The second-order valence-electron chi connectivity index (χ2n) is 8.96. The molecule has 1 aromatic carbocycles. The van der Waals surface area contributed by atoms with Gasteiger partial charge in [0, 0.05) is 48.8 Å². The zero-order valence-electron chi connectivity index (χ0n) is 18.9.